The fourth-order valence-electron chi connectivity index (χ4n) is 2.51. The molecule has 0 aliphatic heterocycles. The predicted octanol–water partition coefficient (Wildman–Crippen LogP) is 4.89. The number of nitriles is 1. The number of rotatable bonds is 6. The zero-order valence-corrected chi connectivity index (χ0v) is 16.1. The molecule has 4 nitrogen and oxygen atoms in total. The van der Waals surface area contributed by atoms with Crippen LogP contribution in [0.1, 0.15) is 33.3 Å². The summed E-state index contributed by atoms with van der Waals surface area (Å²) in [7, 11) is 1.67. The van der Waals surface area contributed by atoms with Crippen LogP contribution in [0.25, 0.3) is 0 Å². The molecule has 134 valence electrons. The van der Waals surface area contributed by atoms with Gasteiger partial charge in [-0.3, -0.25) is 9.69 Å². The Hall–Kier alpha value is -3.19. The molecule has 0 saturated heterocycles. The minimum Gasteiger partial charge on any atom is -0.296 e. The first-order valence-electron chi connectivity index (χ1n) is 8.34. The molecule has 1 rings (SSSR count). The van der Waals surface area contributed by atoms with Gasteiger partial charge in [0.1, 0.15) is 11.9 Å². The summed E-state index contributed by atoms with van der Waals surface area (Å²) in [6, 6.07) is 5.31. The van der Waals surface area contributed by atoms with E-state index in [9.17, 15) is 4.79 Å². The second-order valence-electron chi connectivity index (χ2n) is 5.75. The normalized spacial score (nSPS) is 13.2. The van der Waals surface area contributed by atoms with Crippen molar-refractivity contribution in [2.24, 2.45) is 0 Å². The molecule has 0 aliphatic rings. The van der Waals surface area contributed by atoms with Gasteiger partial charge in [0, 0.05) is 18.8 Å². The zero-order chi connectivity index (χ0) is 19.7. The van der Waals surface area contributed by atoms with Gasteiger partial charge in [0.25, 0.3) is 5.91 Å². The van der Waals surface area contributed by atoms with Crippen molar-refractivity contribution in [3.05, 3.63) is 83.1 Å². The van der Waals surface area contributed by atoms with E-state index in [1.807, 2.05) is 51.1 Å². The van der Waals surface area contributed by atoms with E-state index >= 15 is 0 Å². The number of hydrogen-bond acceptors (Lipinski definition) is 3. The lowest BCUT2D eigenvalue weighted by Crippen LogP contribution is -2.27. The summed E-state index contributed by atoms with van der Waals surface area (Å²) in [6.07, 6.45) is 11.1. The molecule has 1 heterocycles. The molecule has 0 aliphatic carbocycles. The van der Waals surface area contributed by atoms with Crippen LogP contribution in [-0.4, -0.2) is 17.9 Å². The quantitative estimate of drug-likeness (QED) is 0.544. The zero-order valence-electron chi connectivity index (χ0n) is 16.1. The van der Waals surface area contributed by atoms with Crippen molar-refractivity contribution in [2.75, 3.05) is 11.9 Å². The first kappa shape index (κ1) is 20.9. The summed E-state index contributed by atoms with van der Waals surface area (Å²) in [4.78, 5) is 18.3. The number of amides is 1. The molecular weight excluding hydrogens is 322 g/mol. The molecule has 0 fully saturated rings. The minimum atomic E-state index is -0.155. The smallest absolute Gasteiger partial charge is 0.254 e. The van der Waals surface area contributed by atoms with Gasteiger partial charge >= 0.3 is 0 Å². The van der Waals surface area contributed by atoms with Crippen molar-refractivity contribution in [3.8, 4) is 6.07 Å². The first-order chi connectivity index (χ1) is 12.4. The molecule has 1 amide bonds. The lowest BCUT2D eigenvalue weighted by atomic mass is 9.98. The van der Waals surface area contributed by atoms with Gasteiger partial charge in [0.2, 0.25) is 0 Å². The van der Waals surface area contributed by atoms with Crippen LogP contribution in [0.3, 0.4) is 0 Å². The van der Waals surface area contributed by atoms with E-state index in [-0.39, 0.29) is 5.91 Å². The molecule has 1 aromatic heterocycles. The molecule has 0 N–H and O–H groups in total. The van der Waals surface area contributed by atoms with Gasteiger partial charge in [-0.25, -0.2) is 4.98 Å². The van der Waals surface area contributed by atoms with E-state index in [4.69, 9.17) is 5.26 Å². The fourth-order valence-corrected chi connectivity index (χ4v) is 2.51. The molecular formula is C22H25N3O. The average Bonchev–Trinajstić information content (AvgIpc) is 2.66. The number of hydrogen-bond donors (Lipinski definition) is 0. The van der Waals surface area contributed by atoms with Crippen LogP contribution in [0.2, 0.25) is 0 Å². The summed E-state index contributed by atoms with van der Waals surface area (Å²) in [5, 5.41) is 8.84. The molecule has 4 heteroatoms. The van der Waals surface area contributed by atoms with Gasteiger partial charge in [0.05, 0.1) is 5.56 Å². The third-order valence-corrected chi connectivity index (χ3v) is 3.89. The van der Waals surface area contributed by atoms with Crippen molar-refractivity contribution < 1.29 is 4.79 Å². The lowest BCUT2D eigenvalue weighted by molar-refractivity contribution is -0.114. The number of carbonyl (C=O) groups is 1. The number of pyridine rings is 1. The highest BCUT2D eigenvalue weighted by Gasteiger charge is 2.14. The number of anilines is 1. The van der Waals surface area contributed by atoms with Crippen molar-refractivity contribution in [1.29, 1.82) is 5.26 Å². The van der Waals surface area contributed by atoms with Crippen LogP contribution in [0.5, 0.6) is 0 Å². The summed E-state index contributed by atoms with van der Waals surface area (Å²) >= 11 is 0. The van der Waals surface area contributed by atoms with Gasteiger partial charge in [-0.1, -0.05) is 37.0 Å². The standard InChI is InChI=1S/C22H25N3O/c1-7-10-19(8-2)20(9-3)16(4)13-17(5)22(26)25(6)21-12-11-18(14-23)15-24-21/h7-13,15H,3H2,1-2,4-6H3/b10-7-,17-13+,19-8+,20-16-. The fraction of sp³-hybridized carbons (Fsp3) is 0.227. The van der Waals surface area contributed by atoms with Crippen LogP contribution in [0, 0.1) is 11.3 Å². The molecule has 0 unspecified atom stereocenters. The number of aromatic nitrogens is 1. The summed E-state index contributed by atoms with van der Waals surface area (Å²) < 4.78 is 0. The van der Waals surface area contributed by atoms with Crippen molar-refractivity contribution >= 4 is 11.7 Å². The second-order valence-corrected chi connectivity index (χ2v) is 5.75. The van der Waals surface area contributed by atoms with Crippen molar-refractivity contribution in [1.82, 2.24) is 4.98 Å². The lowest BCUT2D eigenvalue weighted by Gasteiger charge is -2.17. The van der Waals surface area contributed by atoms with Crippen molar-refractivity contribution in [2.45, 2.75) is 27.7 Å². The Morgan fingerprint density at radius 1 is 1.31 bits per heavy atom. The Morgan fingerprint density at radius 2 is 2.00 bits per heavy atom. The van der Waals surface area contributed by atoms with Crippen LogP contribution in [0.15, 0.2) is 77.6 Å². The molecule has 26 heavy (non-hydrogen) atoms. The minimum absolute atomic E-state index is 0.155. The highest BCUT2D eigenvalue weighted by atomic mass is 16.2. The van der Waals surface area contributed by atoms with Crippen LogP contribution < -0.4 is 4.90 Å². The van der Waals surface area contributed by atoms with E-state index < -0.39 is 0 Å². The molecule has 1 aromatic rings. The Bertz CT molecular complexity index is 831. The Morgan fingerprint density at radius 3 is 2.46 bits per heavy atom. The van der Waals surface area contributed by atoms with Gasteiger partial charge in [-0.2, -0.15) is 5.26 Å². The van der Waals surface area contributed by atoms with E-state index in [2.05, 4.69) is 11.6 Å². The summed E-state index contributed by atoms with van der Waals surface area (Å²) in [5.41, 5.74) is 4.04. The second kappa shape index (κ2) is 9.95. The summed E-state index contributed by atoms with van der Waals surface area (Å²) in [6.45, 7) is 11.6. The third kappa shape index (κ3) is 5.15. The maximum atomic E-state index is 12.7. The monoisotopic (exact) mass is 347 g/mol. The van der Waals surface area contributed by atoms with E-state index in [0.29, 0.717) is 17.0 Å². The third-order valence-electron chi connectivity index (χ3n) is 3.89. The maximum absolute atomic E-state index is 12.7. The van der Waals surface area contributed by atoms with Gasteiger partial charge < -0.3 is 0 Å². The molecule has 0 radical (unpaired) electrons. The maximum Gasteiger partial charge on any atom is 0.254 e. The number of allylic oxidation sites excluding steroid dienone is 8. The highest BCUT2D eigenvalue weighted by molar-refractivity contribution is 6.04. The van der Waals surface area contributed by atoms with Gasteiger partial charge in [0.15, 0.2) is 0 Å². The van der Waals surface area contributed by atoms with E-state index in [0.717, 1.165) is 16.7 Å². The Balaban J connectivity index is 3.16. The molecule has 0 spiro atoms. The topological polar surface area (TPSA) is 57.0 Å². The predicted molar refractivity (Wildman–Crippen MR) is 108 cm³/mol. The van der Waals surface area contributed by atoms with Crippen LogP contribution in [-0.2, 0) is 4.79 Å². The highest BCUT2D eigenvalue weighted by Crippen LogP contribution is 2.20. The molecule has 0 atom stereocenters. The van der Waals surface area contributed by atoms with Gasteiger partial charge in [-0.15, -0.1) is 0 Å². The number of likely N-dealkylation sites (N-methyl/N-ethyl adjacent to an activating group) is 1. The molecule has 0 bridgehead atoms. The SMILES string of the molecule is C=CC(=C(C)/C=C(\C)C(=O)N(C)c1ccc(C#N)cn1)/C(/C=C\C)=C/C. The average molecular weight is 347 g/mol. The molecule has 0 aromatic carbocycles. The van der Waals surface area contributed by atoms with Crippen LogP contribution >= 0.6 is 0 Å². The first-order valence-corrected chi connectivity index (χ1v) is 8.34. The summed E-state index contributed by atoms with van der Waals surface area (Å²) in [5.74, 6) is 0.341. The Labute approximate surface area is 156 Å². The van der Waals surface area contributed by atoms with Crippen molar-refractivity contribution in [3.63, 3.8) is 0 Å². The number of nitrogens with zero attached hydrogens (tertiary/aromatic N) is 3. The molecule has 0 saturated carbocycles. The van der Waals surface area contributed by atoms with Gasteiger partial charge in [-0.05, 0) is 56.5 Å². The van der Waals surface area contributed by atoms with Crippen LogP contribution in [0.4, 0.5) is 5.82 Å². The van der Waals surface area contributed by atoms with E-state index in [1.165, 1.54) is 11.1 Å². The largest absolute Gasteiger partial charge is 0.296 e. The number of carbonyl (C=O) groups excluding carboxylic acids is 1. The Kier molecular flexibility index (Phi) is 7.98. The van der Waals surface area contributed by atoms with E-state index in [1.54, 1.807) is 32.2 Å².